The molecule has 0 saturated carbocycles. The number of ketones is 1. The third-order valence-corrected chi connectivity index (χ3v) is 6.52. The molecule has 0 aliphatic carbocycles. The van der Waals surface area contributed by atoms with Gasteiger partial charge in [0, 0.05) is 60.3 Å². The highest BCUT2D eigenvalue weighted by atomic mass is 32.1. The van der Waals surface area contributed by atoms with E-state index in [1.807, 2.05) is 59.0 Å². The molecule has 30 heavy (non-hydrogen) atoms. The summed E-state index contributed by atoms with van der Waals surface area (Å²) in [7, 11) is 0. The fraction of sp³-hybridized carbons (Fsp3) is 0.348. The fourth-order valence-electron chi connectivity index (χ4n) is 3.93. The minimum atomic E-state index is 0.0792. The van der Waals surface area contributed by atoms with Crippen molar-refractivity contribution >= 4 is 33.9 Å². The van der Waals surface area contributed by atoms with Crippen molar-refractivity contribution in [3.8, 4) is 6.07 Å². The average Bonchev–Trinajstić information content (AvgIpc) is 3.36. The van der Waals surface area contributed by atoms with Crippen molar-refractivity contribution in [3.63, 3.8) is 0 Å². The number of thiophene rings is 1. The number of benzene rings is 1. The molecule has 0 spiro atoms. The Morgan fingerprint density at radius 2 is 1.87 bits per heavy atom. The molecule has 2 aromatic heterocycles. The molecular formula is C23H24N4O2S. The van der Waals surface area contributed by atoms with E-state index in [4.69, 9.17) is 5.26 Å². The van der Waals surface area contributed by atoms with Crippen molar-refractivity contribution in [1.82, 2.24) is 14.4 Å². The summed E-state index contributed by atoms with van der Waals surface area (Å²) in [6.45, 7) is 5.56. The SMILES string of the molecule is Cc1ccc(C(=O)N2CCN(CC(=O)c3cn(CCC#N)c4ccccc34)CC2)s1. The van der Waals surface area contributed by atoms with Crippen LogP contribution in [0, 0.1) is 18.3 Å². The molecule has 0 N–H and O–H groups in total. The van der Waals surface area contributed by atoms with Crippen molar-refractivity contribution in [3.05, 3.63) is 57.9 Å². The Balaban J connectivity index is 1.41. The van der Waals surface area contributed by atoms with Crippen LogP contribution < -0.4 is 0 Å². The van der Waals surface area contributed by atoms with E-state index in [0.29, 0.717) is 51.3 Å². The number of para-hydroxylation sites is 1. The monoisotopic (exact) mass is 420 g/mol. The van der Waals surface area contributed by atoms with Crippen LogP contribution in [0.3, 0.4) is 0 Å². The lowest BCUT2D eigenvalue weighted by molar-refractivity contribution is 0.0629. The number of carbonyl (C=O) groups excluding carboxylic acids is 2. The van der Waals surface area contributed by atoms with E-state index in [1.165, 1.54) is 11.3 Å². The molecule has 3 heterocycles. The van der Waals surface area contributed by atoms with Gasteiger partial charge in [-0.1, -0.05) is 18.2 Å². The number of nitriles is 1. The van der Waals surface area contributed by atoms with Gasteiger partial charge >= 0.3 is 0 Å². The van der Waals surface area contributed by atoms with Gasteiger partial charge in [0.15, 0.2) is 5.78 Å². The van der Waals surface area contributed by atoms with E-state index in [-0.39, 0.29) is 11.7 Å². The number of rotatable bonds is 6. The van der Waals surface area contributed by atoms with Crippen molar-refractivity contribution < 1.29 is 9.59 Å². The molecule has 1 saturated heterocycles. The van der Waals surface area contributed by atoms with Crippen LogP contribution in [0.1, 0.15) is 31.3 Å². The number of piperazine rings is 1. The van der Waals surface area contributed by atoms with Crippen molar-refractivity contribution in [2.75, 3.05) is 32.7 Å². The van der Waals surface area contributed by atoms with Crippen LogP contribution >= 0.6 is 11.3 Å². The van der Waals surface area contributed by atoms with Crippen LogP contribution in [0.4, 0.5) is 0 Å². The maximum Gasteiger partial charge on any atom is 0.264 e. The number of aryl methyl sites for hydroxylation is 2. The highest BCUT2D eigenvalue weighted by Gasteiger charge is 2.25. The molecule has 1 aromatic carbocycles. The van der Waals surface area contributed by atoms with E-state index in [1.54, 1.807) is 0 Å². The molecule has 3 aromatic rings. The van der Waals surface area contributed by atoms with Crippen LogP contribution in [-0.2, 0) is 6.54 Å². The fourth-order valence-corrected chi connectivity index (χ4v) is 4.76. The van der Waals surface area contributed by atoms with Gasteiger partial charge in [-0.2, -0.15) is 5.26 Å². The molecule has 1 aliphatic heterocycles. The molecule has 1 aliphatic rings. The lowest BCUT2D eigenvalue weighted by Gasteiger charge is -2.34. The van der Waals surface area contributed by atoms with Gasteiger partial charge in [0.1, 0.15) is 0 Å². The van der Waals surface area contributed by atoms with Crippen LogP contribution in [-0.4, -0.2) is 58.8 Å². The second-order valence-corrected chi connectivity index (χ2v) is 8.85. The molecule has 0 atom stereocenters. The van der Waals surface area contributed by atoms with Gasteiger partial charge in [0.25, 0.3) is 5.91 Å². The van der Waals surface area contributed by atoms with Crippen LogP contribution in [0.25, 0.3) is 10.9 Å². The number of fused-ring (bicyclic) bond motifs is 1. The summed E-state index contributed by atoms with van der Waals surface area (Å²) >= 11 is 1.53. The van der Waals surface area contributed by atoms with Crippen molar-refractivity contribution in [1.29, 1.82) is 5.26 Å². The Kier molecular flexibility index (Phi) is 5.98. The molecule has 0 bridgehead atoms. The van der Waals surface area contributed by atoms with E-state index >= 15 is 0 Å². The zero-order chi connectivity index (χ0) is 21.1. The number of hydrogen-bond donors (Lipinski definition) is 0. The van der Waals surface area contributed by atoms with Crippen LogP contribution in [0.15, 0.2) is 42.6 Å². The van der Waals surface area contributed by atoms with E-state index in [0.717, 1.165) is 20.7 Å². The Bertz CT molecular complexity index is 1120. The highest BCUT2D eigenvalue weighted by molar-refractivity contribution is 7.13. The quantitative estimate of drug-likeness (QED) is 0.572. The van der Waals surface area contributed by atoms with E-state index < -0.39 is 0 Å². The molecular weight excluding hydrogens is 396 g/mol. The van der Waals surface area contributed by atoms with Gasteiger partial charge < -0.3 is 9.47 Å². The minimum Gasteiger partial charge on any atom is -0.346 e. The molecule has 7 heteroatoms. The molecule has 0 radical (unpaired) electrons. The first-order valence-electron chi connectivity index (χ1n) is 10.1. The Morgan fingerprint density at radius 1 is 1.10 bits per heavy atom. The zero-order valence-electron chi connectivity index (χ0n) is 17.0. The summed E-state index contributed by atoms with van der Waals surface area (Å²) in [5.41, 5.74) is 1.69. The Morgan fingerprint density at radius 3 is 2.57 bits per heavy atom. The lowest BCUT2D eigenvalue weighted by Crippen LogP contribution is -2.49. The molecule has 0 unspecified atom stereocenters. The highest BCUT2D eigenvalue weighted by Crippen LogP contribution is 2.23. The summed E-state index contributed by atoms with van der Waals surface area (Å²) in [6.07, 6.45) is 2.29. The second kappa shape index (κ2) is 8.82. The zero-order valence-corrected chi connectivity index (χ0v) is 17.8. The molecule has 4 rings (SSSR count). The number of carbonyl (C=O) groups is 2. The number of amides is 1. The predicted octanol–water partition coefficient (Wildman–Crippen LogP) is 3.57. The van der Waals surface area contributed by atoms with Gasteiger partial charge in [-0.25, -0.2) is 0 Å². The predicted molar refractivity (Wildman–Crippen MR) is 118 cm³/mol. The van der Waals surface area contributed by atoms with Crippen molar-refractivity contribution in [2.24, 2.45) is 0 Å². The molecule has 1 fully saturated rings. The largest absolute Gasteiger partial charge is 0.346 e. The maximum atomic E-state index is 13.1. The summed E-state index contributed by atoms with van der Waals surface area (Å²) in [6, 6.07) is 13.9. The van der Waals surface area contributed by atoms with Gasteiger partial charge in [0.05, 0.1) is 23.9 Å². The Hall–Kier alpha value is -2.95. The van der Waals surface area contributed by atoms with Gasteiger partial charge in [0.2, 0.25) is 0 Å². The summed E-state index contributed by atoms with van der Waals surface area (Å²) in [5.74, 6) is 0.162. The molecule has 154 valence electrons. The minimum absolute atomic E-state index is 0.0792. The first-order chi connectivity index (χ1) is 14.6. The summed E-state index contributed by atoms with van der Waals surface area (Å²) < 4.78 is 1.99. The lowest BCUT2D eigenvalue weighted by atomic mass is 10.1. The van der Waals surface area contributed by atoms with Gasteiger partial charge in [-0.05, 0) is 25.1 Å². The number of hydrogen-bond acceptors (Lipinski definition) is 5. The van der Waals surface area contributed by atoms with Crippen LogP contribution in [0.5, 0.6) is 0 Å². The average molecular weight is 421 g/mol. The first-order valence-corrected chi connectivity index (χ1v) is 10.9. The van der Waals surface area contributed by atoms with Crippen LogP contribution in [0.2, 0.25) is 0 Å². The number of nitrogens with zero attached hydrogens (tertiary/aromatic N) is 4. The van der Waals surface area contributed by atoms with Crippen molar-refractivity contribution in [2.45, 2.75) is 19.9 Å². The second-order valence-electron chi connectivity index (χ2n) is 7.56. The maximum absolute atomic E-state index is 13.1. The third kappa shape index (κ3) is 4.16. The van der Waals surface area contributed by atoms with E-state index in [9.17, 15) is 9.59 Å². The number of Topliss-reactive ketones (excluding diaryl/α,β-unsaturated/α-hetero) is 1. The van der Waals surface area contributed by atoms with Gasteiger partial charge in [-0.15, -0.1) is 11.3 Å². The third-order valence-electron chi connectivity index (χ3n) is 5.53. The summed E-state index contributed by atoms with van der Waals surface area (Å²) in [5, 5.41) is 9.83. The van der Waals surface area contributed by atoms with Gasteiger partial charge in [-0.3, -0.25) is 14.5 Å². The molecule has 6 nitrogen and oxygen atoms in total. The topological polar surface area (TPSA) is 69.3 Å². The standard InChI is InChI=1S/C23H24N4O2S/c1-17-7-8-22(30-17)23(29)26-13-11-25(12-14-26)16-21(28)19-15-27(10-4-9-24)20-6-3-2-5-18(19)20/h2-3,5-8,15H,4,10-14,16H2,1H3. The smallest absolute Gasteiger partial charge is 0.264 e. The Labute approximate surface area is 179 Å². The van der Waals surface area contributed by atoms with E-state index in [2.05, 4.69) is 11.0 Å². The first kappa shape index (κ1) is 20.3. The number of aromatic nitrogens is 1. The normalized spacial score (nSPS) is 14.7. The molecule has 1 amide bonds. The summed E-state index contributed by atoms with van der Waals surface area (Å²) in [4.78, 5) is 31.6.